The first-order valence-corrected chi connectivity index (χ1v) is 9.17. The number of hydrogen-bond donors (Lipinski definition) is 0. The number of hydrogen-bond acceptors (Lipinski definition) is 2. The summed E-state index contributed by atoms with van der Waals surface area (Å²) in [5.41, 5.74) is 0.896. The molecule has 0 bridgehead atoms. The van der Waals surface area contributed by atoms with Gasteiger partial charge in [0, 0.05) is 30.5 Å². The van der Waals surface area contributed by atoms with Crippen LogP contribution >= 0.6 is 11.6 Å². The molecule has 1 saturated carbocycles. The monoisotopic (exact) mass is 318 g/mol. The van der Waals surface area contributed by atoms with Gasteiger partial charge in [-0.25, -0.2) is 8.42 Å². The van der Waals surface area contributed by atoms with Crippen molar-refractivity contribution in [3.63, 3.8) is 0 Å². The van der Waals surface area contributed by atoms with E-state index in [0.717, 1.165) is 25.0 Å². The molecule has 1 aliphatic rings. The summed E-state index contributed by atoms with van der Waals surface area (Å²) < 4.78 is 29.1. The van der Waals surface area contributed by atoms with Gasteiger partial charge in [-0.1, -0.05) is 6.92 Å². The molecule has 0 spiro atoms. The van der Waals surface area contributed by atoms with E-state index in [4.69, 9.17) is 11.6 Å². The van der Waals surface area contributed by atoms with E-state index in [1.807, 2.05) is 25.3 Å². The van der Waals surface area contributed by atoms with Gasteiger partial charge in [0.15, 0.2) is 0 Å². The number of alkyl halides is 1. The average Bonchev–Trinajstić information content (AvgIpc) is 3.13. The summed E-state index contributed by atoms with van der Waals surface area (Å²) in [6.45, 7) is 6.36. The Hall–Kier alpha value is -0.520. The zero-order valence-corrected chi connectivity index (χ0v) is 13.9. The third-order valence-electron chi connectivity index (χ3n) is 3.61. The van der Waals surface area contributed by atoms with Gasteiger partial charge in [0.05, 0.1) is 5.88 Å². The lowest BCUT2D eigenvalue weighted by Crippen LogP contribution is -2.37. The van der Waals surface area contributed by atoms with Crippen molar-refractivity contribution in [2.45, 2.75) is 62.9 Å². The maximum atomic E-state index is 12.8. The van der Waals surface area contributed by atoms with Crippen LogP contribution in [0.1, 0.15) is 51.8 Å². The second-order valence-electron chi connectivity index (χ2n) is 5.65. The van der Waals surface area contributed by atoms with Crippen LogP contribution in [0.25, 0.3) is 0 Å². The molecule has 114 valence electrons. The van der Waals surface area contributed by atoms with Crippen molar-refractivity contribution >= 4 is 21.6 Å². The van der Waals surface area contributed by atoms with Crippen LogP contribution in [0.3, 0.4) is 0 Å². The van der Waals surface area contributed by atoms with Gasteiger partial charge in [-0.15, -0.1) is 11.6 Å². The third-order valence-corrected chi connectivity index (χ3v) is 5.93. The Bertz CT molecular complexity index is 562. The molecule has 1 aliphatic carbocycles. The third kappa shape index (κ3) is 3.05. The molecular formula is C14H23ClN2O2S. The lowest BCUT2D eigenvalue weighted by Gasteiger charge is -2.24. The molecule has 4 nitrogen and oxygen atoms in total. The minimum absolute atomic E-state index is 0.0383. The molecule has 0 atom stereocenters. The summed E-state index contributed by atoms with van der Waals surface area (Å²) in [5, 5.41) is 0. The number of sulfonamides is 1. The smallest absolute Gasteiger partial charge is 0.244 e. The van der Waals surface area contributed by atoms with E-state index in [1.54, 1.807) is 16.6 Å². The summed E-state index contributed by atoms with van der Waals surface area (Å²) in [6, 6.07) is 2.13. The van der Waals surface area contributed by atoms with Gasteiger partial charge in [0.25, 0.3) is 0 Å². The van der Waals surface area contributed by atoms with Crippen molar-refractivity contribution in [1.82, 2.24) is 8.87 Å². The van der Waals surface area contributed by atoms with E-state index in [0.29, 0.717) is 23.4 Å². The molecule has 0 saturated heterocycles. The summed E-state index contributed by atoms with van der Waals surface area (Å²) in [6.07, 6.45) is 4.79. The quantitative estimate of drug-likeness (QED) is 0.723. The van der Waals surface area contributed by atoms with Crippen LogP contribution in [0.4, 0.5) is 0 Å². The maximum Gasteiger partial charge on any atom is 0.244 e. The van der Waals surface area contributed by atoms with Crippen LogP contribution in [-0.2, 0) is 15.9 Å². The summed E-state index contributed by atoms with van der Waals surface area (Å²) >= 11 is 5.94. The Kier molecular flexibility index (Phi) is 4.82. The van der Waals surface area contributed by atoms with Gasteiger partial charge in [0.1, 0.15) is 4.90 Å². The Morgan fingerprint density at radius 2 is 2.10 bits per heavy atom. The lowest BCUT2D eigenvalue weighted by atomic mass is 10.4. The molecule has 0 amide bonds. The average molecular weight is 319 g/mol. The van der Waals surface area contributed by atoms with Gasteiger partial charge < -0.3 is 4.57 Å². The van der Waals surface area contributed by atoms with Crippen molar-refractivity contribution < 1.29 is 8.42 Å². The minimum Gasteiger partial charge on any atom is -0.346 e. The number of nitrogens with zero attached hydrogens (tertiary/aromatic N) is 2. The lowest BCUT2D eigenvalue weighted by molar-refractivity contribution is 0.354. The van der Waals surface area contributed by atoms with Crippen LogP contribution in [0.2, 0.25) is 0 Å². The van der Waals surface area contributed by atoms with Gasteiger partial charge in [-0.2, -0.15) is 4.31 Å². The molecule has 0 N–H and O–H groups in total. The van der Waals surface area contributed by atoms with Gasteiger partial charge in [-0.05, 0) is 39.2 Å². The molecule has 1 aromatic rings. The Morgan fingerprint density at radius 1 is 1.45 bits per heavy atom. The van der Waals surface area contributed by atoms with Crippen LogP contribution in [0, 0.1) is 0 Å². The zero-order chi connectivity index (χ0) is 14.9. The fourth-order valence-corrected chi connectivity index (χ4v) is 4.44. The normalized spacial score (nSPS) is 16.3. The van der Waals surface area contributed by atoms with Crippen LogP contribution in [0.15, 0.2) is 17.2 Å². The fourth-order valence-electron chi connectivity index (χ4n) is 2.45. The fraction of sp³-hybridized carbons (Fsp3) is 0.714. The standard InChI is InChI=1S/C14H23ClN2O2S/c1-4-7-17(11(2)3)20(18,19)14-8-13(9-15)16(10-14)12-5-6-12/h8,10-12H,4-7,9H2,1-3H3. The molecule has 20 heavy (non-hydrogen) atoms. The topological polar surface area (TPSA) is 42.3 Å². The molecule has 1 fully saturated rings. The van der Waals surface area contributed by atoms with Crippen LogP contribution in [-0.4, -0.2) is 29.9 Å². The first-order valence-electron chi connectivity index (χ1n) is 7.20. The second kappa shape index (κ2) is 6.08. The van der Waals surface area contributed by atoms with Crippen molar-refractivity contribution in [3.8, 4) is 0 Å². The SMILES string of the molecule is CCCN(C(C)C)S(=O)(=O)c1cc(CCl)n(C2CC2)c1. The van der Waals surface area contributed by atoms with E-state index in [9.17, 15) is 8.42 Å². The van der Waals surface area contributed by atoms with E-state index < -0.39 is 10.0 Å². The van der Waals surface area contributed by atoms with E-state index >= 15 is 0 Å². The molecular weight excluding hydrogens is 296 g/mol. The van der Waals surface area contributed by atoms with Crippen LogP contribution in [0.5, 0.6) is 0 Å². The molecule has 1 heterocycles. The first kappa shape index (κ1) is 15.9. The van der Waals surface area contributed by atoms with Crippen molar-refractivity contribution in [2.75, 3.05) is 6.54 Å². The molecule has 1 aromatic heterocycles. The minimum atomic E-state index is -3.43. The molecule has 0 unspecified atom stereocenters. The highest BCUT2D eigenvalue weighted by Crippen LogP contribution is 2.38. The van der Waals surface area contributed by atoms with Crippen molar-refractivity contribution in [2.24, 2.45) is 0 Å². The van der Waals surface area contributed by atoms with E-state index in [-0.39, 0.29) is 6.04 Å². The summed E-state index contributed by atoms with van der Waals surface area (Å²) in [5.74, 6) is 0.349. The van der Waals surface area contributed by atoms with E-state index in [1.165, 1.54) is 0 Å². The number of halogens is 1. The Labute approximate surface area is 126 Å². The molecule has 0 aliphatic heterocycles. The van der Waals surface area contributed by atoms with Gasteiger partial charge in [0.2, 0.25) is 10.0 Å². The molecule has 6 heteroatoms. The Morgan fingerprint density at radius 3 is 2.55 bits per heavy atom. The van der Waals surface area contributed by atoms with Crippen LogP contribution < -0.4 is 0 Å². The maximum absolute atomic E-state index is 12.8. The van der Waals surface area contributed by atoms with Crippen molar-refractivity contribution in [1.29, 1.82) is 0 Å². The zero-order valence-electron chi connectivity index (χ0n) is 12.3. The summed E-state index contributed by atoms with van der Waals surface area (Å²) in [7, 11) is -3.43. The number of rotatable bonds is 7. The number of aromatic nitrogens is 1. The summed E-state index contributed by atoms with van der Waals surface area (Å²) in [4.78, 5) is 0.377. The molecule has 0 radical (unpaired) electrons. The molecule has 0 aromatic carbocycles. The predicted molar refractivity (Wildman–Crippen MR) is 81.6 cm³/mol. The first-order chi connectivity index (χ1) is 9.41. The van der Waals surface area contributed by atoms with E-state index in [2.05, 4.69) is 0 Å². The highest BCUT2D eigenvalue weighted by atomic mass is 35.5. The Balaban J connectivity index is 2.37. The van der Waals surface area contributed by atoms with Crippen molar-refractivity contribution in [3.05, 3.63) is 18.0 Å². The molecule has 2 rings (SSSR count). The highest BCUT2D eigenvalue weighted by molar-refractivity contribution is 7.89. The van der Waals surface area contributed by atoms with Gasteiger partial charge in [-0.3, -0.25) is 0 Å². The largest absolute Gasteiger partial charge is 0.346 e. The highest BCUT2D eigenvalue weighted by Gasteiger charge is 2.31. The predicted octanol–water partition coefficient (Wildman–Crippen LogP) is 3.37. The second-order valence-corrected chi connectivity index (χ2v) is 7.81. The van der Waals surface area contributed by atoms with Gasteiger partial charge >= 0.3 is 0 Å².